The third-order valence-electron chi connectivity index (χ3n) is 7.54. The second kappa shape index (κ2) is 14.9. The number of hydrogen-bond donors (Lipinski definition) is 3. The quantitative estimate of drug-likeness (QED) is 0.308. The number of nitrogens with one attached hydrogen (secondary N) is 3. The maximum atomic E-state index is 13.2. The van der Waals surface area contributed by atoms with Gasteiger partial charge in [-0.3, -0.25) is 14.5 Å². The van der Waals surface area contributed by atoms with Gasteiger partial charge in [-0.05, 0) is 84.6 Å². The molecule has 9 heteroatoms. The van der Waals surface area contributed by atoms with Gasteiger partial charge in [0, 0.05) is 56.3 Å². The summed E-state index contributed by atoms with van der Waals surface area (Å²) < 4.78 is 0. The van der Waals surface area contributed by atoms with Crippen LogP contribution in [0.25, 0.3) is 0 Å². The van der Waals surface area contributed by atoms with Crippen LogP contribution in [0.5, 0.6) is 0 Å². The number of H-pyrrole nitrogens is 2. The lowest BCUT2D eigenvalue weighted by molar-refractivity contribution is -0.134. The Bertz CT molecular complexity index is 859. The minimum absolute atomic E-state index is 0.127. The summed E-state index contributed by atoms with van der Waals surface area (Å²) in [4.78, 5) is 44.7. The average molecular weight is 514 g/mol. The molecular formula is C28H47N7O2. The lowest BCUT2D eigenvalue weighted by Crippen LogP contribution is -2.38. The second-order valence-electron chi connectivity index (χ2n) is 11.1. The predicted octanol–water partition coefficient (Wildman–Crippen LogP) is 4.26. The molecule has 0 unspecified atom stereocenters. The number of carbonyl (C=O) groups excluding carboxylic acids is 2. The van der Waals surface area contributed by atoms with Gasteiger partial charge >= 0.3 is 0 Å². The standard InChI is InChI=1S/C28H47N7O2/c1-21(2)35(22(3)4)16-6-5-11-33-27(36)17-23-7-9-24(10-8-23)18-28(37)34(19-25-29-12-13-30-25)20-26-31-14-15-32-26/h12-15,21-24H,5-11,16-20H2,1-4H3,(H,29,30)(H,31,32)(H,33,36). The maximum Gasteiger partial charge on any atom is 0.223 e. The summed E-state index contributed by atoms with van der Waals surface area (Å²) in [6, 6.07) is 1.10. The van der Waals surface area contributed by atoms with Crippen LogP contribution in [0, 0.1) is 11.8 Å². The van der Waals surface area contributed by atoms with Crippen LogP contribution in [0.4, 0.5) is 0 Å². The molecule has 3 rings (SSSR count). The molecule has 9 nitrogen and oxygen atoms in total. The summed E-state index contributed by atoms with van der Waals surface area (Å²) in [5, 5.41) is 3.13. The number of imidazole rings is 2. The monoisotopic (exact) mass is 513 g/mol. The van der Waals surface area contributed by atoms with Gasteiger partial charge in [0.2, 0.25) is 11.8 Å². The largest absolute Gasteiger partial charge is 0.356 e. The highest BCUT2D eigenvalue weighted by Gasteiger charge is 2.27. The van der Waals surface area contributed by atoms with Crippen LogP contribution in [0.3, 0.4) is 0 Å². The molecule has 1 aliphatic rings. The Kier molecular flexibility index (Phi) is 11.6. The van der Waals surface area contributed by atoms with Crippen molar-refractivity contribution in [1.29, 1.82) is 0 Å². The van der Waals surface area contributed by atoms with E-state index in [1.807, 2.05) is 4.90 Å². The van der Waals surface area contributed by atoms with Crippen LogP contribution in [-0.2, 0) is 22.7 Å². The molecule has 0 bridgehead atoms. The maximum absolute atomic E-state index is 13.2. The number of rotatable bonds is 15. The van der Waals surface area contributed by atoms with Gasteiger partial charge in [0.05, 0.1) is 13.1 Å². The molecule has 1 fully saturated rings. The minimum Gasteiger partial charge on any atom is -0.356 e. The molecule has 1 aliphatic carbocycles. The van der Waals surface area contributed by atoms with Gasteiger partial charge in [-0.1, -0.05) is 0 Å². The van der Waals surface area contributed by atoms with Gasteiger partial charge in [0.15, 0.2) is 0 Å². The lowest BCUT2D eigenvalue weighted by Gasteiger charge is -2.30. The number of aromatic nitrogens is 4. The van der Waals surface area contributed by atoms with Crippen molar-refractivity contribution in [2.45, 2.75) is 104 Å². The minimum atomic E-state index is 0.127. The number of carbonyl (C=O) groups is 2. The smallest absolute Gasteiger partial charge is 0.223 e. The summed E-state index contributed by atoms with van der Waals surface area (Å²) in [6.45, 7) is 11.7. The topological polar surface area (TPSA) is 110 Å². The van der Waals surface area contributed by atoms with Gasteiger partial charge in [-0.25, -0.2) is 9.97 Å². The van der Waals surface area contributed by atoms with Crippen molar-refractivity contribution in [2.75, 3.05) is 13.1 Å². The van der Waals surface area contributed by atoms with E-state index in [9.17, 15) is 9.59 Å². The fourth-order valence-electron chi connectivity index (χ4n) is 5.47. The molecule has 2 heterocycles. The van der Waals surface area contributed by atoms with Gasteiger partial charge < -0.3 is 20.2 Å². The first-order valence-electron chi connectivity index (χ1n) is 14.1. The zero-order valence-corrected chi connectivity index (χ0v) is 23.2. The van der Waals surface area contributed by atoms with E-state index < -0.39 is 0 Å². The Morgan fingerprint density at radius 2 is 1.43 bits per heavy atom. The van der Waals surface area contributed by atoms with Crippen molar-refractivity contribution in [2.24, 2.45) is 11.8 Å². The van der Waals surface area contributed by atoms with E-state index in [0.717, 1.165) is 63.3 Å². The molecule has 37 heavy (non-hydrogen) atoms. The predicted molar refractivity (Wildman–Crippen MR) is 145 cm³/mol. The van der Waals surface area contributed by atoms with Gasteiger partial charge in [0.25, 0.3) is 0 Å². The molecule has 0 radical (unpaired) electrons. The van der Waals surface area contributed by atoms with E-state index in [1.165, 1.54) is 0 Å². The van der Waals surface area contributed by atoms with Gasteiger partial charge in [0.1, 0.15) is 11.6 Å². The second-order valence-corrected chi connectivity index (χ2v) is 11.1. The summed E-state index contributed by atoms with van der Waals surface area (Å²) in [6.07, 6.45) is 14.2. The fraction of sp³-hybridized carbons (Fsp3) is 0.714. The van der Waals surface area contributed by atoms with Crippen LogP contribution in [0.2, 0.25) is 0 Å². The van der Waals surface area contributed by atoms with E-state index in [-0.39, 0.29) is 11.8 Å². The Labute approximate surface area is 222 Å². The van der Waals surface area contributed by atoms with Crippen LogP contribution in [0.15, 0.2) is 24.8 Å². The molecule has 2 aromatic rings. The van der Waals surface area contributed by atoms with Crippen molar-refractivity contribution in [3.05, 3.63) is 36.4 Å². The molecule has 2 amide bonds. The van der Waals surface area contributed by atoms with Gasteiger partial charge in [-0.2, -0.15) is 0 Å². The fourth-order valence-corrected chi connectivity index (χ4v) is 5.47. The number of hydrogen-bond acceptors (Lipinski definition) is 5. The molecule has 1 saturated carbocycles. The van der Waals surface area contributed by atoms with E-state index in [2.05, 4.69) is 57.8 Å². The Morgan fingerprint density at radius 3 is 1.92 bits per heavy atom. The normalized spacial score (nSPS) is 18.0. The van der Waals surface area contributed by atoms with Crippen LogP contribution in [-0.4, -0.2) is 66.7 Å². The van der Waals surface area contributed by atoms with Crippen LogP contribution >= 0.6 is 0 Å². The summed E-state index contributed by atoms with van der Waals surface area (Å²) >= 11 is 0. The van der Waals surface area contributed by atoms with Crippen molar-refractivity contribution in [3.63, 3.8) is 0 Å². The first-order chi connectivity index (χ1) is 17.8. The summed E-state index contributed by atoms with van der Waals surface area (Å²) in [7, 11) is 0. The molecule has 206 valence electrons. The zero-order valence-electron chi connectivity index (χ0n) is 23.2. The number of amides is 2. The van der Waals surface area contributed by atoms with Crippen LogP contribution in [0.1, 0.15) is 90.7 Å². The average Bonchev–Trinajstić information content (AvgIpc) is 3.56. The van der Waals surface area contributed by atoms with E-state index in [1.54, 1.807) is 24.8 Å². The molecule has 0 atom stereocenters. The third kappa shape index (κ3) is 9.95. The van der Waals surface area contributed by atoms with Crippen molar-refractivity contribution in [3.8, 4) is 0 Å². The highest BCUT2D eigenvalue weighted by molar-refractivity contribution is 5.76. The molecule has 0 saturated heterocycles. The van der Waals surface area contributed by atoms with Crippen LogP contribution < -0.4 is 5.32 Å². The Hall–Kier alpha value is -2.68. The first kappa shape index (κ1) is 28.9. The van der Waals surface area contributed by atoms with Gasteiger partial charge in [-0.15, -0.1) is 0 Å². The van der Waals surface area contributed by atoms with E-state index >= 15 is 0 Å². The van der Waals surface area contributed by atoms with Crippen molar-refractivity contribution >= 4 is 11.8 Å². The molecular weight excluding hydrogens is 466 g/mol. The Morgan fingerprint density at radius 1 is 0.892 bits per heavy atom. The van der Waals surface area contributed by atoms with E-state index in [0.29, 0.717) is 49.9 Å². The van der Waals surface area contributed by atoms with Crippen molar-refractivity contribution < 1.29 is 9.59 Å². The summed E-state index contributed by atoms with van der Waals surface area (Å²) in [5.74, 6) is 2.63. The number of unbranched alkanes of at least 4 members (excludes halogenated alkanes) is 1. The number of nitrogens with zero attached hydrogens (tertiary/aromatic N) is 4. The first-order valence-corrected chi connectivity index (χ1v) is 14.1. The lowest BCUT2D eigenvalue weighted by atomic mass is 9.79. The molecule has 3 N–H and O–H groups in total. The molecule has 0 aliphatic heterocycles. The highest BCUT2D eigenvalue weighted by atomic mass is 16.2. The van der Waals surface area contributed by atoms with Crippen molar-refractivity contribution in [1.82, 2.24) is 35.1 Å². The Balaban J connectivity index is 1.34. The summed E-state index contributed by atoms with van der Waals surface area (Å²) in [5.41, 5.74) is 0. The molecule has 0 spiro atoms. The van der Waals surface area contributed by atoms with E-state index in [4.69, 9.17) is 0 Å². The third-order valence-corrected chi connectivity index (χ3v) is 7.54. The molecule has 0 aromatic carbocycles. The number of aromatic amines is 2. The molecule has 2 aromatic heterocycles. The zero-order chi connectivity index (χ0) is 26.6. The highest BCUT2D eigenvalue weighted by Crippen LogP contribution is 2.33. The SMILES string of the molecule is CC(C)N(CCCCNC(=O)CC1CCC(CC(=O)N(Cc2ncc[nH]2)Cc2ncc[nH]2)CC1)C(C)C.